The molecule has 108 valence electrons. The van der Waals surface area contributed by atoms with Crippen LogP contribution in [0.5, 0.6) is 0 Å². The van der Waals surface area contributed by atoms with Gasteiger partial charge in [-0.2, -0.15) is 0 Å². The number of carbonyl (C=O) groups excluding carboxylic acids is 1. The fraction of sp³-hybridized carbons (Fsp3) is 0.500. The van der Waals surface area contributed by atoms with Crippen molar-refractivity contribution in [3.8, 4) is 0 Å². The predicted octanol–water partition coefficient (Wildman–Crippen LogP) is 3.28. The van der Waals surface area contributed by atoms with Crippen LogP contribution in [-0.2, 0) is 11.2 Å². The molecule has 1 aliphatic rings. The molecule has 0 bridgehead atoms. The lowest BCUT2D eigenvalue weighted by atomic mass is 10.00. The number of alkyl halides is 1. The summed E-state index contributed by atoms with van der Waals surface area (Å²) in [7, 11) is 0. The molecule has 2 rings (SSSR count). The Morgan fingerprint density at radius 3 is 2.75 bits per heavy atom. The Morgan fingerprint density at radius 1 is 1.25 bits per heavy atom. The number of unbranched alkanes of at least 4 members (excludes halogenated alkanes) is 2. The Hall–Kier alpha value is -1.62. The van der Waals surface area contributed by atoms with E-state index in [0.717, 1.165) is 30.5 Å². The van der Waals surface area contributed by atoms with E-state index in [1.165, 1.54) is 6.07 Å². The minimum Gasteiger partial charge on any atom is -0.312 e. The number of non-ortho nitro benzene ring substituents is 1. The monoisotopic (exact) mass is 296 g/mol. The Balaban J connectivity index is 2.14. The van der Waals surface area contributed by atoms with Gasteiger partial charge in [0.15, 0.2) is 0 Å². The second kappa shape index (κ2) is 6.70. The van der Waals surface area contributed by atoms with E-state index >= 15 is 0 Å². The summed E-state index contributed by atoms with van der Waals surface area (Å²) in [6.45, 7) is 0.653. The lowest BCUT2D eigenvalue weighted by Gasteiger charge is -2.29. The number of carbonyl (C=O) groups is 1. The van der Waals surface area contributed by atoms with Gasteiger partial charge in [-0.1, -0.05) is 6.42 Å². The van der Waals surface area contributed by atoms with Gasteiger partial charge in [-0.05, 0) is 30.9 Å². The molecule has 1 aliphatic heterocycles. The van der Waals surface area contributed by atoms with Crippen molar-refractivity contribution in [1.29, 1.82) is 0 Å². The van der Waals surface area contributed by atoms with Crippen LogP contribution in [0.4, 0.5) is 11.4 Å². The molecule has 0 saturated carbocycles. The minimum atomic E-state index is -0.401. The summed E-state index contributed by atoms with van der Waals surface area (Å²) in [5.41, 5.74) is 1.79. The molecule has 0 unspecified atom stereocenters. The summed E-state index contributed by atoms with van der Waals surface area (Å²) in [6, 6.07) is 4.73. The third-order valence-electron chi connectivity index (χ3n) is 3.49. The zero-order chi connectivity index (χ0) is 14.5. The molecule has 20 heavy (non-hydrogen) atoms. The summed E-state index contributed by atoms with van der Waals surface area (Å²) in [6.07, 6.45) is 3.82. The van der Waals surface area contributed by atoms with Crippen LogP contribution in [0.3, 0.4) is 0 Å². The van der Waals surface area contributed by atoms with Crippen LogP contribution in [0, 0.1) is 10.1 Å². The molecule has 0 N–H and O–H groups in total. The average molecular weight is 297 g/mol. The van der Waals surface area contributed by atoms with Crippen molar-refractivity contribution in [2.45, 2.75) is 32.1 Å². The normalized spacial score (nSPS) is 14.2. The highest BCUT2D eigenvalue weighted by Crippen LogP contribution is 2.31. The van der Waals surface area contributed by atoms with E-state index in [-0.39, 0.29) is 11.6 Å². The molecule has 0 atom stereocenters. The van der Waals surface area contributed by atoms with Gasteiger partial charge in [0.2, 0.25) is 5.91 Å². The number of fused-ring (bicyclic) bond motifs is 1. The maximum absolute atomic E-state index is 12.0. The molecular formula is C14H17ClN2O3. The molecule has 0 fully saturated rings. The summed E-state index contributed by atoms with van der Waals surface area (Å²) in [5.74, 6) is 0.730. The van der Waals surface area contributed by atoms with Crippen molar-refractivity contribution in [1.82, 2.24) is 0 Å². The molecule has 1 heterocycles. The summed E-state index contributed by atoms with van der Waals surface area (Å²) < 4.78 is 0. The number of hydrogen-bond donors (Lipinski definition) is 0. The van der Waals surface area contributed by atoms with E-state index in [9.17, 15) is 14.9 Å². The van der Waals surface area contributed by atoms with Gasteiger partial charge in [0, 0.05) is 36.7 Å². The number of aryl methyl sites for hydroxylation is 1. The third-order valence-corrected chi connectivity index (χ3v) is 3.76. The van der Waals surface area contributed by atoms with Crippen LogP contribution in [-0.4, -0.2) is 23.3 Å². The largest absolute Gasteiger partial charge is 0.312 e. The van der Waals surface area contributed by atoms with E-state index in [4.69, 9.17) is 11.6 Å². The number of amides is 1. The quantitative estimate of drug-likeness (QED) is 0.350. The highest BCUT2D eigenvalue weighted by Gasteiger charge is 2.25. The molecule has 1 amide bonds. The van der Waals surface area contributed by atoms with Crippen molar-refractivity contribution in [2.75, 3.05) is 17.3 Å². The smallest absolute Gasteiger partial charge is 0.269 e. The van der Waals surface area contributed by atoms with Gasteiger partial charge in [-0.25, -0.2) is 0 Å². The number of rotatable bonds is 6. The van der Waals surface area contributed by atoms with Gasteiger partial charge in [-0.15, -0.1) is 11.6 Å². The molecule has 0 spiro atoms. The van der Waals surface area contributed by atoms with Crippen LogP contribution in [0.25, 0.3) is 0 Å². The van der Waals surface area contributed by atoms with Crippen molar-refractivity contribution < 1.29 is 9.72 Å². The molecule has 0 aromatic heterocycles. The first-order chi connectivity index (χ1) is 9.63. The predicted molar refractivity (Wildman–Crippen MR) is 78.3 cm³/mol. The molecular weight excluding hydrogens is 280 g/mol. The number of nitrogens with zero attached hydrogens (tertiary/aromatic N) is 2. The average Bonchev–Trinajstić information content (AvgIpc) is 2.44. The van der Waals surface area contributed by atoms with Crippen LogP contribution in [0.15, 0.2) is 18.2 Å². The fourth-order valence-electron chi connectivity index (χ4n) is 2.45. The molecule has 1 aromatic carbocycles. The Labute approximate surface area is 122 Å². The SMILES string of the molecule is O=C1CCc2cc([N+](=O)[O-])ccc2N1CCCCCCl. The van der Waals surface area contributed by atoms with Gasteiger partial charge in [0.25, 0.3) is 5.69 Å². The number of benzene rings is 1. The number of halogens is 1. The van der Waals surface area contributed by atoms with E-state index in [1.807, 2.05) is 0 Å². The van der Waals surface area contributed by atoms with Gasteiger partial charge in [0.05, 0.1) is 4.92 Å². The highest BCUT2D eigenvalue weighted by atomic mass is 35.5. The lowest BCUT2D eigenvalue weighted by Crippen LogP contribution is -2.35. The number of nitro groups is 1. The molecule has 0 radical (unpaired) electrons. The number of hydrogen-bond acceptors (Lipinski definition) is 3. The maximum Gasteiger partial charge on any atom is 0.269 e. The summed E-state index contributed by atoms with van der Waals surface area (Å²) in [5, 5.41) is 10.8. The highest BCUT2D eigenvalue weighted by molar-refractivity contribution is 6.17. The van der Waals surface area contributed by atoms with Crippen LogP contribution in [0.1, 0.15) is 31.2 Å². The van der Waals surface area contributed by atoms with Crippen LogP contribution >= 0.6 is 11.6 Å². The first-order valence-corrected chi connectivity index (χ1v) is 7.30. The Kier molecular flexibility index (Phi) is 4.95. The molecule has 0 saturated heterocycles. The second-order valence-corrected chi connectivity index (χ2v) is 5.24. The zero-order valence-electron chi connectivity index (χ0n) is 11.2. The van der Waals surface area contributed by atoms with E-state index < -0.39 is 4.92 Å². The van der Waals surface area contributed by atoms with E-state index in [1.54, 1.807) is 17.0 Å². The first-order valence-electron chi connectivity index (χ1n) is 6.77. The fourth-order valence-corrected chi connectivity index (χ4v) is 2.64. The van der Waals surface area contributed by atoms with Crippen molar-refractivity contribution >= 4 is 28.9 Å². The molecule has 5 nitrogen and oxygen atoms in total. The Bertz CT molecular complexity index is 519. The second-order valence-electron chi connectivity index (χ2n) is 4.87. The topological polar surface area (TPSA) is 63.4 Å². The molecule has 6 heteroatoms. The first kappa shape index (κ1) is 14.8. The van der Waals surface area contributed by atoms with Gasteiger partial charge in [-0.3, -0.25) is 14.9 Å². The van der Waals surface area contributed by atoms with Gasteiger partial charge in [0.1, 0.15) is 0 Å². The molecule has 0 aliphatic carbocycles. The lowest BCUT2D eigenvalue weighted by molar-refractivity contribution is -0.384. The molecule has 1 aromatic rings. The van der Waals surface area contributed by atoms with Crippen molar-refractivity contribution in [2.24, 2.45) is 0 Å². The number of nitro benzene ring substituents is 1. The van der Waals surface area contributed by atoms with Crippen LogP contribution in [0.2, 0.25) is 0 Å². The van der Waals surface area contributed by atoms with Crippen LogP contribution < -0.4 is 4.90 Å². The van der Waals surface area contributed by atoms with Gasteiger partial charge < -0.3 is 4.90 Å². The van der Waals surface area contributed by atoms with E-state index in [2.05, 4.69) is 0 Å². The third kappa shape index (κ3) is 3.28. The van der Waals surface area contributed by atoms with Crippen molar-refractivity contribution in [3.05, 3.63) is 33.9 Å². The zero-order valence-corrected chi connectivity index (χ0v) is 11.9. The summed E-state index contributed by atoms with van der Waals surface area (Å²) in [4.78, 5) is 24.1. The van der Waals surface area contributed by atoms with Gasteiger partial charge >= 0.3 is 0 Å². The van der Waals surface area contributed by atoms with Crippen molar-refractivity contribution in [3.63, 3.8) is 0 Å². The standard InChI is InChI=1S/C14H17ClN2O3/c15-8-2-1-3-9-16-13-6-5-12(17(19)20)10-11(13)4-7-14(16)18/h5-6,10H,1-4,7-9H2. The number of anilines is 1. The summed E-state index contributed by atoms with van der Waals surface area (Å²) >= 11 is 5.64. The minimum absolute atomic E-state index is 0.0835. The maximum atomic E-state index is 12.0. The Morgan fingerprint density at radius 2 is 2.05 bits per heavy atom. The van der Waals surface area contributed by atoms with E-state index in [0.29, 0.717) is 25.3 Å².